The molecule has 0 radical (unpaired) electrons. The Morgan fingerprint density at radius 3 is 2.72 bits per heavy atom. The molecule has 1 amide bonds. The van der Waals surface area contributed by atoms with Crippen LogP contribution in [0.1, 0.15) is 6.42 Å². The Kier molecular flexibility index (Phi) is 4.74. The number of amides is 1. The molecule has 0 aliphatic rings. The molecule has 25 heavy (non-hydrogen) atoms. The van der Waals surface area contributed by atoms with Crippen molar-refractivity contribution in [3.05, 3.63) is 53.0 Å². The summed E-state index contributed by atoms with van der Waals surface area (Å²) in [6.45, 7) is 0.222. The number of anilines is 1. The van der Waals surface area contributed by atoms with E-state index >= 15 is 0 Å². The maximum atomic E-state index is 12.2. The molecule has 3 aromatic rings. The van der Waals surface area contributed by atoms with E-state index in [1.807, 2.05) is 6.07 Å². The highest BCUT2D eigenvalue weighted by atomic mass is 16.5. The van der Waals surface area contributed by atoms with Crippen LogP contribution < -0.4 is 20.5 Å². The highest BCUT2D eigenvalue weighted by molar-refractivity contribution is 5.92. The van der Waals surface area contributed by atoms with E-state index in [9.17, 15) is 9.59 Å². The standard InChI is InChI=1S/C18H18N2O5/c1-23-12-7-8-13(16(11-12)24-2)19-17(21)9-10-20-14-5-3-4-6-15(14)25-18(20)22/h3-8,11H,9-10H2,1-2H3,(H,19,21). The highest BCUT2D eigenvalue weighted by Crippen LogP contribution is 2.29. The van der Waals surface area contributed by atoms with Crippen LogP contribution >= 0.6 is 0 Å². The van der Waals surface area contributed by atoms with Gasteiger partial charge in [0, 0.05) is 19.0 Å². The fourth-order valence-corrected chi connectivity index (χ4v) is 2.55. The molecular formula is C18H18N2O5. The van der Waals surface area contributed by atoms with Gasteiger partial charge in [0.15, 0.2) is 5.58 Å². The summed E-state index contributed by atoms with van der Waals surface area (Å²) in [7, 11) is 3.07. The normalized spacial score (nSPS) is 10.6. The summed E-state index contributed by atoms with van der Waals surface area (Å²) in [6, 6.07) is 12.2. The molecule has 1 N–H and O–H groups in total. The molecule has 0 aliphatic heterocycles. The van der Waals surface area contributed by atoms with Gasteiger partial charge in [0.25, 0.3) is 0 Å². The van der Waals surface area contributed by atoms with E-state index in [1.54, 1.807) is 43.5 Å². The number of oxazole rings is 1. The summed E-state index contributed by atoms with van der Waals surface area (Å²) in [5, 5.41) is 2.78. The molecule has 0 saturated carbocycles. The van der Waals surface area contributed by atoms with E-state index in [0.29, 0.717) is 28.3 Å². The van der Waals surface area contributed by atoms with E-state index < -0.39 is 5.76 Å². The Morgan fingerprint density at radius 1 is 1.16 bits per heavy atom. The number of aromatic nitrogens is 1. The van der Waals surface area contributed by atoms with Crippen LogP contribution in [0.25, 0.3) is 11.1 Å². The van der Waals surface area contributed by atoms with Crippen molar-refractivity contribution in [2.75, 3.05) is 19.5 Å². The quantitative estimate of drug-likeness (QED) is 0.745. The monoisotopic (exact) mass is 342 g/mol. The number of fused-ring (bicyclic) bond motifs is 1. The molecular weight excluding hydrogens is 324 g/mol. The number of para-hydroxylation sites is 2. The zero-order valence-electron chi connectivity index (χ0n) is 13.9. The van der Waals surface area contributed by atoms with Crippen molar-refractivity contribution >= 4 is 22.7 Å². The zero-order valence-corrected chi connectivity index (χ0v) is 13.9. The maximum absolute atomic E-state index is 12.2. The van der Waals surface area contributed by atoms with Crippen LogP contribution in [0, 0.1) is 0 Å². The minimum absolute atomic E-state index is 0.124. The van der Waals surface area contributed by atoms with Crippen LogP contribution in [-0.4, -0.2) is 24.7 Å². The van der Waals surface area contributed by atoms with E-state index in [2.05, 4.69) is 5.32 Å². The molecule has 0 aliphatic carbocycles. The topological polar surface area (TPSA) is 82.7 Å². The molecule has 0 atom stereocenters. The lowest BCUT2D eigenvalue weighted by molar-refractivity contribution is -0.116. The Bertz CT molecular complexity index is 957. The second-order valence-corrected chi connectivity index (χ2v) is 5.35. The SMILES string of the molecule is COc1ccc(NC(=O)CCn2c(=O)oc3ccccc32)c(OC)c1. The number of rotatable bonds is 6. The second kappa shape index (κ2) is 7.12. The van der Waals surface area contributed by atoms with Crippen molar-refractivity contribution < 1.29 is 18.7 Å². The Morgan fingerprint density at radius 2 is 1.96 bits per heavy atom. The van der Waals surface area contributed by atoms with Gasteiger partial charge in [0.1, 0.15) is 11.5 Å². The maximum Gasteiger partial charge on any atom is 0.419 e. The molecule has 0 unspecified atom stereocenters. The van der Waals surface area contributed by atoms with Gasteiger partial charge < -0.3 is 19.2 Å². The average Bonchev–Trinajstić information content (AvgIpc) is 2.95. The van der Waals surface area contributed by atoms with E-state index in [-0.39, 0.29) is 18.9 Å². The van der Waals surface area contributed by atoms with E-state index in [1.165, 1.54) is 11.7 Å². The van der Waals surface area contributed by atoms with Crippen LogP contribution in [0.5, 0.6) is 11.5 Å². The number of nitrogens with one attached hydrogen (secondary N) is 1. The van der Waals surface area contributed by atoms with Gasteiger partial charge in [-0.1, -0.05) is 12.1 Å². The lowest BCUT2D eigenvalue weighted by Gasteiger charge is -2.11. The lowest BCUT2D eigenvalue weighted by Crippen LogP contribution is -2.20. The lowest BCUT2D eigenvalue weighted by atomic mass is 10.2. The van der Waals surface area contributed by atoms with Crippen molar-refractivity contribution in [2.24, 2.45) is 0 Å². The number of methoxy groups -OCH3 is 2. The van der Waals surface area contributed by atoms with Gasteiger partial charge in [0.05, 0.1) is 25.4 Å². The molecule has 7 heteroatoms. The van der Waals surface area contributed by atoms with Crippen molar-refractivity contribution in [2.45, 2.75) is 13.0 Å². The number of ether oxygens (including phenoxy) is 2. The summed E-state index contributed by atoms with van der Waals surface area (Å²) in [5.74, 6) is 0.418. The first-order valence-electron chi connectivity index (χ1n) is 7.72. The summed E-state index contributed by atoms with van der Waals surface area (Å²) in [5.41, 5.74) is 1.71. The van der Waals surface area contributed by atoms with Crippen LogP contribution in [0.4, 0.5) is 5.69 Å². The molecule has 1 aromatic heterocycles. The minimum atomic E-state index is -0.476. The average molecular weight is 342 g/mol. The number of carbonyl (C=O) groups excluding carboxylic acids is 1. The predicted octanol–water partition coefficient (Wildman–Crippen LogP) is 2.64. The van der Waals surface area contributed by atoms with Crippen molar-refractivity contribution in [1.82, 2.24) is 4.57 Å². The first-order valence-corrected chi connectivity index (χ1v) is 7.72. The molecule has 0 saturated heterocycles. The summed E-state index contributed by atoms with van der Waals surface area (Å²) >= 11 is 0. The largest absolute Gasteiger partial charge is 0.497 e. The van der Waals surface area contributed by atoms with E-state index in [0.717, 1.165) is 0 Å². The van der Waals surface area contributed by atoms with Gasteiger partial charge in [-0.15, -0.1) is 0 Å². The molecule has 130 valence electrons. The van der Waals surface area contributed by atoms with Crippen molar-refractivity contribution in [3.8, 4) is 11.5 Å². The van der Waals surface area contributed by atoms with Crippen LogP contribution in [-0.2, 0) is 11.3 Å². The number of aryl methyl sites for hydroxylation is 1. The third-order valence-corrected chi connectivity index (χ3v) is 3.82. The molecule has 1 heterocycles. The predicted molar refractivity (Wildman–Crippen MR) is 93.3 cm³/mol. The van der Waals surface area contributed by atoms with Gasteiger partial charge >= 0.3 is 5.76 Å². The summed E-state index contributed by atoms with van der Waals surface area (Å²) < 4.78 is 17.0. The van der Waals surface area contributed by atoms with Gasteiger partial charge in [0.2, 0.25) is 5.91 Å². The highest BCUT2D eigenvalue weighted by Gasteiger charge is 2.12. The molecule has 0 spiro atoms. The molecule has 7 nitrogen and oxygen atoms in total. The number of carbonyl (C=O) groups is 1. The Balaban J connectivity index is 1.71. The molecule has 2 aromatic carbocycles. The molecule has 0 fully saturated rings. The number of nitrogens with zero attached hydrogens (tertiary/aromatic N) is 1. The first kappa shape index (κ1) is 16.6. The fourth-order valence-electron chi connectivity index (χ4n) is 2.55. The zero-order chi connectivity index (χ0) is 17.8. The van der Waals surface area contributed by atoms with Crippen LogP contribution in [0.2, 0.25) is 0 Å². The summed E-state index contributed by atoms with van der Waals surface area (Å²) in [6.07, 6.45) is 0.124. The van der Waals surface area contributed by atoms with Gasteiger partial charge in [-0.2, -0.15) is 0 Å². The number of benzene rings is 2. The van der Waals surface area contributed by atoms with E-state index in [4.69, 9.17) is 13.9 Å². The number of hydrogen-bond acceptors (Lipinski definition) is 5. The molecule has 3 rings (SSSR count). The smallest absolute Gasteiger partial charge is 0.419 e. The third-order valence-electron chi connectivity index (χ3n) is 3.82. The van der Waals surface area contributed by atoms with Gasteiger partial charge in [-0.3, -0.25) is 9.36 Å². The summed E-state index contributed by atoms with van der Waals surface area (Å²) in [4.78, 5) is 24.1. The Labute approximate surface area is 143 Å². The van der Waals surface area contributed by atoms with Gasteiger partial charge in [-0.05, 0) is 24.3 Å². The van der Waals surface area contributed by atoms with Crippen LogP contribution in [0.3, 0.4) is 0 Å². The third kappa shape index (κ3) is 3.50. The second-order valence-electron chi connectivity index (χ2n) is 5.35. The van der Waals surface area contributed by atoms with Crippen LogP contribution in [0.15, 0.2) is 51.7 Å². The Hall–Kier alpha value is -3.22. The molecule has 0 bridgehead atoms. The van der Waals surface area contributed by atoms with Crippen molar-refractivity contribution in [1.29, 1.82) is 0 Å². The first-order chi connectivity index (χ1) is 12.1. The van der Waals surface area contributed by atoms with Crippen molar-refractivity contribution in [3.63, 3.8) is 0 Å². The fraction of sp³-hybridized carbons (Fsp3) is 0.222. The van der Waals surface area contributed by atoms with Gasteiger partial charge in [-0.25, -0.2) is 4.79 Å². The number of hydrogen-bond donors (Lipinski definition) is 1. The minimum Gasteiger partial charge on any atom is -0.497 e.